The van der Waals surface area contributed by atoms with Crippen LogP contribution in [0.3, 0.4) is 0 Å². The third-order valence-corrected chi connectivity index (χ3v) is 9.47. The minimum atomic E-state index is -3.50. The maximum absolute atomic E-state index is 14.8. The molecule has 2 aromatic rings. The lowest BCUT2D eigenvalue weighted by Gasteiger charge is -2.40. The number of fused-ring (bicyclic) bond motifs is 3. The summed E-state index contributed by atoms with van der Waals surface area (Å²) in [5.41, 5.74) is 2.91. The van der Waals surface area contributed by atoms with Gasteiger partial charge in [0.25, 0.3) is 0 Å². The summed E-state index contributed by atoms with van der Waals surface area (Å²) >= 11 is 11.9. The van der Waals surface area contributed by atoms with Crippen molar-refractivity contribution < 1.29 is 12.8 Å². The summed E-state index contributed by atoms with van der Waals surface area (Å²) < 4.78 is 42.6. The molecule has 30 heavy (non-hydrogen) atoms. The molecule has 1 unspecified atom stereocenters. The molecule has 0 saturated heterocycles. The smallest absolute Gasteiger partial charge is 0.215 e. The lowest BCUT2D eigenvalue weighted by molar-refractivity contribution is 0.277. The van der Waals surface area contributed by atoms with Crippen molar-refractivity contribution in [2.45, 2.75) is 55.6 Å². The van der Waals surface area contributed by atoms with Crippen LogP contribution >= 0.6 is 23.2 Å². The predicted octanol–water partition coefficient (Wildman–Crippen LogP) is 5.94. The van der Waals surface area contributed by atoms with Gasteiger partial charge in [-0.15, -0.1) is 0 Å². The van der Waals surface area contributed by atoms with E-state index in [-0.39, 0.29) is 28.3 Å². The maximum Gasteiger partial charge on any atom is 0.215 e. The standard InChI is InChI=1S/C23H24Cl2FNO2S/c24-18-5-4-15(12-19(18)25)14-30(28,29)27-11-6-16-13-22(7-8-22)23(9-10-23)21-17(16)2-1-3-20(21)26/h1-5,12,16,27H,6-11,13-14H2. The minimum Gasteiger partial charge on any atom is -0.215 e. The molecule has 0 aliphatic heterocycles. The molecule has 0 amide bonds. The van der Waals surface area contributed by atoms with Crippen LogP contribution in [0.15, 0.2) is 36.4 Å². The highest BCUT2D eigenvalue weighted by molar-refractivity contribution is 7.88. The zero-order chi connectivity index (χ0) is 21.1. The number of rotatable bonds is 6. The van der Waals surface area contributed by atoms with E-state index in [2.05, 4.69) is 4.72 Å². The summed E-state index contributed by atoms with van der Waals surface area (Å²) in [6.07, 6.45) is 6.22. The minimum absolute atomic E-state index is 0.0531. The molecular weight excluding hydrogens is 444 g/mol. The van der Waals surface area contributed by atoms with Crippen LogP contribution in [0, 0.1) is 11.2 Å². The molecule has 5 rings (SSSR count). The van der Waals surface area contributed by atoms with Crippen LogP contribution in [0.25, 0.3) is 0 Å². The molecule has 2 aromatic carbocycles. The topological polar surface area (TPSA) is 46.2 Å². The average Bonchev–Trinajstić information content (AvgIpc) is 3.58. The van der Waals surface area contributed by atoms with Crippen LogP contribution in [-0.4, -0.2) is 15.0 Å². The fourth-order valence-electron chi connectivity index (χ4n) is 5.71. The van der Waals surface area contributed by atoms with Gasteiger partial charge in [-0.3, -0.25) is 0 Å². The van der Waals surface area contributed by atoms with Crippen molar-refractivity contribution in [3.05, 3.63) is 69.0 Å². The van der Waals surface area contributed by atoms with Crippen molar-refractivity contribution in [3.63, 3.8) is 0 Å². The van der Waals surface area contributed by atoms with Crippen molar-refractivity contribution in [1.29, 1.82) is 0 Å². The van der Waals surface area contributed by atoms with E-state index >= 15 is 0 Å². The number of nitrogens with one attached hydrogen (secondary N) is 1. The van der Waals surface area contributed by atoms with E-state index in [1.165, 1.54) is 12.8 Å². The molecule has 1 N–H and O–H groups in total. The first-order valence-corrected chi connectivity index (χ1v) is 12.9. The molecule has 0 heterocycles. The Morgan fingerprint density at radius 3 is 2.50 bits per heavy atom. The molecule has 2 saturated carbocycles. The van der Waals surface area contributed by atoms with E-state index in [1.54, 1.807) is 30.3 Å². The molecule has 2 fully saturated rings. The summed E-state index contributed by atoms with van der Waals surface area (Å²) in [5, 5.41) is 0.741. The molecule has 3 nitrogen and oxygen atoms in total. The van der Waals surface area contributed by atoms with Crippen LogP contribution in [0.5, 0.6) is 0 Å². The zero-order valence-electron chi connectivity index (χ0n) is 16.6. The second-order valence-electron chi connectivity index (χ2n) is 9.16. The zero-order valence-corrected chi connectivity index (χ0v) is 18.9. The molecule has 0 radical (unpaired) electrons. The monoisotopic (exact) mass is 467 g/mol. The van der Waals surface area contributed by atoms with Gasteiger partial charge in [0.2, 0.25) is 10.0 Å². The highest BCUT2D eigenvalue weighted by Crippen LogP contribution is 2.76. The molecule has 0 bridgehead atoms. The van der Waals surface area contributed by atoms with Crippen LogP contribution in [0.4, 0.5) is 4.39 Å². The number of halogens is 3. The number of hydrogen-bond acceptors (Lipinski definition) is 2. The fourth-order valence-corrected chi connectivity index (χ4v) is 7.18. The SMILES string of the molecule is O=S(=O)(Cc1ccc(Cl)c(Cl)c1)NCCC1CC2(CC2)C2(CC2)c2c(F)cccc21. The van der Waals surface area contributed by atoms with Crippen molar-refractivity contribution >= 4 is 33.2 Å². The first-order chi connectivity index (χ1) is 14.3. The van der Waals surface area contributed by atoms with E-state index in [0.29, 0.717) is 28.6 Å². The Labute approximate surface area is 187 Å². The average molecular weight is 468 g/mol. The Morgan fingerprint density at radius 1 is 1.07 bits per heavy atom. The predicted molar refractivity (Wildman–Crippen MR) is 118 cm³/mol. The van der Waals surface area contributed by atoms with E-state index in [0.717, 1.165) is 30.4 Å². The van der Waals surface area contributed by atoms with Crippen molar-refractivity contribution in [2.75, 3.05) is 6.54 Å². The Hall–Kier alpha value is -1.14. The van der Waals surface area contributed by atoms with Gasteiger partial charge in [-0.25, -0.2) is 17.5 Å². The molecule has 3 aliphatic rings. The van der Waals surface area contributed by atoms with E-state index in [1.807, 2.05) is 6.07 Å². The highest BCUT2D eigenvalue weighted by Gasteiger charge is 2.69. The molecule has 160 valence electrons. The molecular formula is C23H24Cl2FNO2S. The second-order valence-corrected chi connectivity index (χ2v) is 11.8. The first kappa shape index (κ1) is 20.7. The first-order valence-electron chi connectivity index (χ1n) is 10.5. The van der Waals surface area contributed by atoms with E-state index in [9.17, 15) is 12.8 Å². The van der Waals surface area contributed by atoms with Crippen LogP contribution in [-0.2, 0) is 21.2 Å². The second kappa shape index (κ2) is 7.19. The Balaban J connectivity index is 1.29. The van der Waals surface area contributed by atoms with Crippen molar-refractivity contribution in [1.82, 2.24) is 4.72 Å². The van der Waals surface area contributed by atoms with Crippen LogP contribution in [0.1, 0.15) is 61.1 Å². The van der Waals surface area contributed by atoms with Gasteiger partial charge in [0, 0.05) is 12.0 Å². The molecule has 0 aromatic heterocycles. The van der Waals surface area contributed by atoms with Gasteiger partial charge in [0.1, 0.15) is 5.82 Å². The van der Waals surface area contributed by atoms with Gasteiger partial charge in [-0.05, 0) is 84.7 Å². The van der Waals surface area contributed by atoms with E-state index < -0.39 is 10.0 Å². The molecule has 1 atom stereocenters. The Morgan fingerprint density at radius 2 is 1.83 bits per heavy atom. The number of sulfonamides is 1. The maximum atomic E-state index is 14.8. The van der Waals surface area contributed by atoms with Gasteiger partial charge < -0.3 is 0 Å². The summed E-state index contributed by atoms with van der Waals surface area (Å²) in [7, 11) is -3.50. The molecule has 3 aliphatic carbocycles. The van der Waals surface area contributed by atoms with Gasteiger partial charge in [0.05, 0.1) is 15.8 Å². The summed E-state index contributed by atoms with van der Waals surface area (Å²) in [4.78, 5) is 0. The van der Waals surface area contributed by atoms with Gasteiger partial charge in [-0.1, -0.05) is 41.4 Å². The van der Waals surface area contributed by atoms with Crippen LogP contribution < -0.4 is 4.72 Å². The summed E-state index contributed by atoms with van der Waals surface area (Å²) in [6, 6.07) is 10.3. The largest absolute Gasteiger partial charge is 0.215 e. The summed E-state index contributed by atoms with van der Waals surface area (Å²) in [6.45, 7) is 0.341. The number of benzene rings is 2. The van der Waals surface area contributed by atoms with Gasteiger partial charge in [0.15, 0.2) is 0 Å². The normalized spacial score (nSPS) is 22.8. The summed E-state index contributed by atoms with van der Waals surface area (Å²) in [5.74, 6) is -0.0365. The lowest BCUT2D eigenvalue weighted by Crippen LogP contribution is -2.34. The third kappa shape index (κ3) is 3.48. The van der Waals surface area contributed by atoms with Crippen molar-refractivity contribution in [2.24, 2.45) is 5.41 Å². The Kier molecular flexibility index (Phi) is 4.97. The third-order valence-electron chi connectivity index (χ3n) is 7.38. The Bertz CT molecular complexity index is 1110. The fraction of sp³-hybridized carbons (Fsp3) is 0.478. The number of hydrogen-bond donors (Lipinski definition) is 1. The van der Waals surface area contributed by atoms with Gasteiger partial charge >= 0.3 is 0 Å². The van der Waals surface area contributed by atoms with Crippen LogP contribution in [0.2, 0.25) is 10.0 Å². The quantitative estimate of drug-likeness (QED) is 0.570. The molecule has 7 heteroatoms. The van der Waals surface area contributed by atoms with Crippen molar-refractivity contribution in [3.8, 4) is 0 Å². The highest BCUT2D eigenvalue weighted by atomic mass is 35.5. The lowest BCUT2D eigenvalue weighted by atomic mass is 9.64. The van der Waals surface area contributed by atoms with Gasteiger partial charge in [-0.2, -0.15) is 0 Å². The van der Waals surface area contributed by atoms with E-state index in [4.69, 9.17) is 23.2 Å². The molecule has 2 spiro atoms.